The zero-order valence-electron chi connectivity index (χ0n) is 35.0. The molecule has 0 aliphatic carbocycles. The van der Waals surface area contributed by atoms with Crippen LogP contribution in [0.15, 0.2) is 0 Å². The van der Waals surface area contributed by atoms with Crippen molar-refractivity contribution in [1.29, 1.82) is 0 Å². The number of methoxy groups -OCH3 is 1. The lowest BCUT2D eigenvalue weighted by Crippen LogP contribution is -2.58. The number of hydrogen-bond donors (Lipinski definition) is 3. The zero-order valence-corrected chi connectivity index (χ0v) is 35.8. The Morgan fingerprint density at radius 1 is 0.907 bits per heavy atom. The third-order valence-corrected chi connectivity index (χ3v) is 15.3. The first-order valence-electron chi connectivity index (χ1n) is 21.1. The maximum Gasteiger partial charge on any atom is 0.226 e. The number of carbonyl (C=O) groups excluding carboxylic acids is 1. The van der Waals surface area contributed by atoms with E-state index in [0.29, 0.717) is 11.8 Å². The molecule has 6 heterocycles. The van der Waals surface area contributed by atoms with Gasteiger partial charge in [-0.15, -0.1) is 11.8 Å². The Kier molecular flexibility index (Phi) is 13.2. The second kappa shape index (κ2) is 16.6. The molecule has 0 aromatic rings. The van der Waals surface area contributed by atoms with Crippen LogP contribution in [0.5, 0.6) is 0 Å². The summed E-state index contributed by atoms with van der Waals surface area (Å²) in [5, 5.41) is 24.0. The highest BCUT2D eigenvalue weighted by atomic mass is 32.2. The van der Waals surface area contributed by atoms with Gasteiger partial charge in [0.2, 0.25) is 5.91 Å². The molecule has 6 saturated heterocycles. The fraction of sp³-hybridized carbons (Fsp3) is 0.976. The molecule has 19 atom stereocenters. The summed E-state index contributed by atoms with van der Waals surface area (Å²) in [4.78, 5) is 12.9. The predicted octanol–water partition coefficient (Wildman–Crippen LogP) is 6.06. The van der Waals surface area contributed by atoms with Gasteiger partial charge in [0.25, 0.3) is 0 Å². The Balaban J connectivity index is 1.12. The summed E-state index contributed by atoms with van der Waals surface area (Å²) >= 11 is 1.60. The number of nitrogens with one attached hydrogen (secondary N) is 1. The number of aliphatic hydroxyl groups is 2. The summed E-state index contributed by atoms with van der Waals surface area (Å²) in [5.41, 5.74) is -1.07. The van der Waals surface area contributed by atoms with Crippen molar-refractivity contribution in [2.45, 2.75) is 192 Å². The van der Waals surface area contributed by atoms with Crippen LogP contribution in [0.2, 0.25) is 0 Å². The topological polar surface area (TPSA) is 134 Å². The van der Waals surface area contributed by atoms with E-state index >= 15 is 0 Å². The molecule has 0 bridgehead atoms. The van der Waals surface area contributed by atoms with E-state index in [1.807, 2.05) is 20.1 Å². The average Bonchev–Trinajstić information content (AvgIpc) is 3.81. The Morgan fingerprint density at radius 2 is 1.65 bits per heavy atom. The molecule has 0 aromatic heterocycles. The number of rotatable bonds is 11. The quantitative estimate of drug-likeness (QED) is 0.211. The van der Waals surface area contributed by atoms with E-state index in [0.717, 1.165) is 57.8 Å². The molecular formula is C42H73NO10S. The maximum absolute atomic E-state index is 12.9. The van der Waals surface area contributed by atoms with Crippen LogP contribution < -0.4 is 5.32 Å². The average molecular weight is 784 g/mol. The lowest BCUT2D eigenvalue weighted by molar-refractivity contribution is -0.353. The number of thioether (sulfide) groups is 1. The van der Waals surface area contributed by atoms with Gasteiger partial charge in [-0.1, -0.05) is 48.5 Å². The van der Waals surface area contributed by atoms with Crippen LogP contribution in [0.3, 0.4) is 0 Å². The molecule has 6 aliphatic rings. The molecule has 1 spiro atoms. The molecule has 12 heteroatoms. The van der Waals surface area contributed by atoms with E-state index in [1.54, 1.807) is 18.9 Å². The first-order chi connectivity index (χ1) is 25.4. The largest absolute Gasteiger partial charge is 0.391 e. The molecule has 3 unspecified atom stereocenters. The minimum absolute atomic E-state index is 0.00279. The van der Waals surface area contributed by atoms with Gasteiger partial charge in [-0.25, -0.2) is 0 Å². The number of ether oxygens (including phenoxy) is 7. The monoisotopic (exact) mass is 783 g/mol. The number of hydrogen-bond acceptors (Lipinski definition) is 11. The molecule has 6 fully saturated rings. The molecule has 6 aliphatic heterocycles. The summed E-state index contributed by atoms with van der Waals surface area (Å²) in [6.45, 7) is 18.9. The summed E-state index contributed by atoms with van der Waals surface area (Å²) in [6.07, 6.45) is 8.52. The van der Waals surface area contributed by atoms with Crippen molar-refractivity contribution in [3.8, 4) is 0 Å². The van der Waals surface area contributed by atoms with Crippen molar-refractivity contribution in [3.63, 3.8) is 0 Å². The van der Waals surface area contributed by atoms with Gasteiger partial charge in [0.1, 0.15) is 0 Å². The molecule has 6 rings (SSSR count). The van der Waals surface area contributed by atoms with Crippen LogP contribution in [0.1, 0.15) is 120 Å². The molecule has 0 saturated carbocycles. The molecule has 54 heavy (non-hydrogen) atoms. The van der Waals surface area contributed by atoms with E-state index in [2.05, 4.69) is 53.8 Å². The Labute approximate surface area is 329 Å². The fourth-order valence-corrected chi connectivity index (χ4v) is 11.9. The first kappa shape index (κ1) is 43.0. The molecule has 11 nitrogen and oxygen atoms in total. The summed E-state index contributed by atoms with van der Waals surface area (Å²) in [7, 11) is 1.80. The summed E-state index contributed by atoms with van der Waals surface area (Å²) < 4.78 is 47.5. The molecule has 0 aromatic carbocycles. The fourth-order valence-electron chi connectivity index (χ4n) is 11.6. The van der Waals surface area contributed by atoms with E-state index in [1.165, 1.54) is 0 Å². The number of amides is 1. The van der Waals surface area contributed by atoms with E-state index in [4.69, 9.17) is 33.2 Å². The third-order valence-electron chi connectivity index (χ3n) is 14.8. The highest BCUT2D eigenvalue weighted by Gasteiger charge is 2.65. The van der Waals surface area contributed by atoms with Crippen molar-refractivity contribution in [3.05, 3.63) is 0 Å². The van der Waals surface area contributed by atoms with Crippen molar-refractivity contribution in [1.82, 2.24) is 5.32 Å². The van der Waals surface area contributed by atoms with Crippen molar-refractivity contribution in [2.24, 2.45) is 41.4 Å². The van der Waals surface area contributed by atoms with Crippen LogP contribution in [-0.4, -0.2) is 114 Å². The van der Waals surface area contributed by atoms with Crippen LogP contribution in [0.4, 0.5) is 0 Å². The standard InChI is InChI=1S/C42H73NO10S/c1-23-12-13-30(48-35(23)28(6)38(45)43-22-54-11)18-31-19-32(47-10)29(7)42(50-31)27(5)20-40(9,53-42)34-14-15-39(8,51-34)37-25(3)17-33(49-37)36-24(2)16-26(4)41(46,21-44)52-36/h23-37,44,46H,12-22H2,1-11H3,(H,43,45)/t23-,24-,25-,26+,27+,28+,29?,30+,31+,32+,33+,34?,35?,36+,37+,39-,40+,41-,42+/m0/s1. The second-order valence-corrected chi connectivity index (χ2v) is 19.9. The highest BCUT2D eigenvalue weighted by Crippen LogP contribution is 2.57. The molecular weight excluding hydrogens is 711 g/mol. The van der Waals surface area contributed by atoms with E-state index in [-0.39, 0.29) is 90.2 Å². The SMILES string of the molecule is CO[C@@H]1C[C@@H](C[C@H]2CC[C@H](C)C([C@@H](C)C(=O)NCSC)O2)O[C@]2(O[C@@](C)(C3CC[C@@](C)([C@@H]4O[C@@H]([C@@H]5O[C@@](O)(CO)[C@H](C)C[C@@H]5C)C[C@@H]4C)O3)C[C@H]2C)C1C. The third kappa shape index (κ3) is 8.07. The van der Waals surface area contributed by atoms with E-state index in [9.17, 15) is 15.0 Å². The smallest absolute Gasteiger partial charge is 0.226 e. The minimum atomic E-state index is -1.55. The zero-order chi connectivity index (χ0) is 39.4. The van der Waals surface area contributed by atoms with Crippen molar-refractivity contribution < 1.29 is 48.2 Å². The van der Waals surface area contributed by atoms with Crippen molar-refractivity contribution in [2.75, 3.05) is 25.8 Å². The molecule has 312 valence electrons. The molecule has 1 amide bonds. The van der Waals surface area contributed by atoms with E-state index < -0.39 is 29.4 Å². The van der Waals surface area contributed by atoms with Gasteiger partial charge < -0.3 is 48.7 Å². The van der Waals surface area contributed by atoms with Gasteiger partial charge in [0.05, 0.1) is 78.4 Å². The molecule has 3 N–H and O–H groups in total. The maximum atomic E-state index is 12.9. The summed E-state index contributed by atoms with van der Waals surface area (Å²) in [6, 6.07) is 0. The van der Waals surface area contributed by atoms with Gasteiger partial charge in [0, 0.05) is 37.7 Å². The summed E-state index contributed by atoms with van der Waals surface area (Å²) in [5.74, 6) is -1.24. The predicted molar refractivity (Wildman–Crippen MR) is 208 cm³/mol. The number of carbonyl (C=O) groups is 1. The van der Waals surface area contributed by atoms with Crippen LogP contribution in [0, 0.1) is 41.4 Å². The highest BCUT2D eigenvalue weighted by molar-refractivity contribution is 7.98. The second-order valence-electron chi connectivity index (χ2n) is 19.0. The normalized spacial score (nSPS) is 51.8. The first-order valence-corrected chi connectivity index (χ1v) is 22.5. The lowest BCUT2D eigenvalue weighted by Gasteiger charge is -2.50. The van der Waals surface area contributed by atoms with Crippen LogP contribution >= 0.6 is 11.8 Å². The van der Waals surface area contributed by atoms with Gasteiger partial charge in [-0.05, 0) is 82.8 Å². The number of aliphatic hydroxyl groups excluding tert-OH is 1. The Hall–Kier alpha value is -0.540. The molecule has 0 radical (unpaired) electrons. The van der Waals surface area contributed by atoms with Crippen LogP contribution in [0.25, 0.3) is 0 Å². The van der Waals surface area contributed by atoms with Gasteiger partial charge >= 0.3 is 0 Å². The lowest BCUT2D eigenvalue weighted by atomic mass is 9.78. The van der Waals surface area contributed by atoms with Gasteiger partial charge in [-0.2, -0.15) is 0 Å². The van der Waals surface area contributed by atoms with Crippen molar-refractivity contribution >= 4 is 17.7 Å². The van der Waals surface area contributed by atoms with Gasteiger partial charge in [0.15, 0.2) is 11.6 Å². The Morgan fingerprint density at radius 3 is 2.33 bits per heavy atom. The van der Waals surface area contributed by atoms with Crippen LogP contribution in [-0.2, 0) is 38.0 Å². The van der Waals surface area contributed by atoms with Gasteiger partial charge in [-0.3, -0.25) is 4.79 Å². The Bertz CT molecular complexity index is 1300. The minimum Gasteiger partial charge on any atom is -0.391 e.